The fraction of sp³-hybridized carbons (Fsp3) is 0.200. The average molecular weight is 268 g/mol. The second-order valence-electron chi connectivity index (χ2n) is 5.18. The van der Waals surface area contributed by atoms with E-state index in [0.29, 0.717) is 12.2 Å². The summed E-state index contributed by atoms with van der Waals surface area (Å²) >= 11 is 0. The predicted octanol–water partition coefficient (Wildman–Crippen LogP) is 2.00. The van der Waals surface area contributed by atoms with Crippen LogP contribution in [0.5, 0.6) is 0 Å². The van der Waals surface area contributed by atoms with Crippen molar-refractivity contribution in [1.82, 2.24) is 4.90 Å². The molecule has 1 aromatic rings. The number of rotatable bonds is 1. The Hall–Kier alpha value is -2.56. The summed E-state index contributed by atoms with van der Waals surface area (Å²) in [5.74, 6) is -1.54. The molecule has 5 nitrogen and oxygen atoms in total. The number of carboxylic acid groups (broad SMARTS) is 1. The van der Waals surface area contributed by atoms with E-state index in [1.54, 1.807) is 18.7 Å². The molecule has 0 amide bonds. The van der Waals surface area contributed by atoms with Gasteiger partial charge in [0.15, 0.2) is 0 Å². The van der Waals surface area contributed by atoms with Crippen molar-refractivity contribution >= 4 is 17.9 Å². The normalized spacial score (nSPS) is 29.1. The van der Waals surface area contributed by atoms with Crippen molar-refractivity contribution in [2.75, 3.05) is 6.54 Å². The minimum absolute atomic E-state index is 0.566. The fourth-order valence-electron chi connectivity index (χ4n) is 3.32. The van der Waals surface area contributed by atoms with E-state index in [1.807, 2.05) is 29.2 Å². The van der Waals surface area contributed by atoms with Crippen LogP contribution in [0.3, 0.4) is 0 Å². The van der Waals surface area contributed by atoms with E-state index in [4.69, 9.17) is 4.74 Å². The molecule has 3 aliphatic heterocycles. The first-order valence-electron chi connectivity index (χ1n) is 6.39. The van der Waals surface area contributed by atoms with Crippen LogP contribution in [-0.4, -0.2) is 28.7 Å². The summed E-state index contributed by atoms with van der Waals surface area (Å²) in [5.41, 5.74) is 1.87. The number of benzene rings is 1. The molecule has 0 bridgehead atoms. The molecule has 0 aliphatic carbocycles. The summed E-state index contributed by atoms with van der Waals surface area (Å²) in [4.78, 5) is 18.2. The molecule has 5 heteroatoms. The molecule has 1 spiro atoms. The third-order valence-corrected chi connectivity index (χ3v) is 4.17. The first-order valence-corrected chi connectivity index (χ1v) is 6.39. The van der Waals surface area contributed by atoms with Gasteiger partial charge in [0.2, 0.25) is 0 Å². The lowest BCUT2D eigenvalue weighted by molar-refractivity contribution is -0.141. The fourth-order valence-corrected chi connectivity index (χ4v) is 3.32. The number of aliphatic imine (C=N–C) groups is 1. The molecule has 1 N–H and O–H groups in total. The largest absolute Gasteiger partial charge is 0.481 e. The molecule has 100 valence electrons. The molecule has 0 aromatic heterocycles. The van der Waals surface area contributed by atoms with Gasteiger partial charge in [-0.2, -0.15) is 0 Å². The Morgan fingerprint density at radius 2 is 2.30 bits per heavy atom. The molecule has 3 heterocycles. The smallest absolute Gasteiger partial charge is 0.314 e. The van der Waals surface area contributed by atoms with E-state index in [9.17, 15) is 9.90 Å². The summed E-state index contributed by atoms with van der Waals surface area (Å²) in [7, 11) is 0. The standard InChI is InChI=1S/C15H12N2O3/c18-14(19)13-12-7-20-6-5-17(12)9-15(13)8-16-11-4-2-1-3-10(11)15/h1-8,13H,9H2,(H,18,19). The Labute approximate surface area is 115 Å². The molecule has 2 atom stereocenters. The SMILES string of the molecule is O=C(O)C1C2=COC=CN2CC12C=Nc1ccccc12. The number of carboxylic acids is 1. The van der Waals surface area contributed by atoms with Crippen LogP contribution in [0.2, 0.25) is 0 Å². The highest BCUT2D eigenvalue weighted by Gasteiger charge is 2.56. The summed E-state index contributed by atoms with van der Waals surface area (Å²) in [5, 5.41) is 9.69. The van der Waals surface area contributed by atoms with E-state index < -0.39 is 17.3 Å². The maximum Gasteiger partial charge on any atom is 0.314 e. The zero-order valence-corrected chi connectivity index (χ0v) is 10.6. The minimum atomic E-state index is -0.860. The van der Waals surface area contributed by atoms with Crippen LogP contribution in [0.15, 0.2) is 53.7 Å². The molecule has 4 rings (SSSR count). The molecule has 1 saturated heterocycles. The van der Waals surface area contributed by atoms with E-state index in [-0.39, 0.29) is 0 Å². The summed E-state index contributed by atoms with van der Waals surface area (Å²) in [6.45, 7) is 0.566. The van der Waals surface area contributed by atoms with Gasteiger partial charge in [-0.15, -0.1) is 0 Å². The van der Waals surface area contributed by atoms with Crippen molar-refractivity contribution in [2.24, 2.45) is 10.9 Å². The van der Waals surface area contributed by atoms with Crippen molar-refractivity contribution in [3.63, 3.8) is 0 Å². The highest BCUT2D eigenvalue weighted by molar-refractivity contribution is 5.94. The number of hydrogen-bond acceptors (Lipinski definition) is 4. The van der Waals surface area contributed by atoms with Gasteiger partial charge in [0.05, 0.1) is 16.8 Å². The topological polar surface area (TPSA) is 62.1 Å². The lowest BCUT2D eigenvalue weighted by atomic mass is 9.73. The first-order chi connectivity index (χ1) is 9.72. The first kappa shape index (κ1) is 11.3. The summed E-state index contributed by atoms with van der Waals surface area (Å²) in [6, 6.07) is 7.71. The Morgan fingerprint density at radius 1 is 1.45 bits per heavy atom. The van der Waals surface area contributed by atoms with Crippen LogP contribution in [0.1, 0.15) is 5.56 Å². The molecule has 0 saturated carbocycles. The zero-order chi connectivity index (χ0) is 13.7. The number of para-hydroxylation sites is 1. The molecule has 1 aromatic carbocycles. The number of ether oxygens (including phenoxy) is 1. The number of carbonyl (C=O) groups is 1. The van der Waals surface area contributed by atoms with Crippen LogP contribution in [-0.2, 0) is 14.9 Å². The van der Waals surface area contributed by atoms with Gasteiger partial charge in [0.1, 0.15) is 18.4 Å². The van der Waals surface area contributed by atoms with Crippen LogP contribution in [0.4, 0.5) is 5.69 Å². The van der Waals surface area contributed by atoms with Crippen molar-refractivity contribution in [3.8, 4) is 0 Å². The molecule has 1 fully saturated rings. The average Bonchev–Trinajstić information content (AvgIpc) is 2.98. The number of nitrogens with zero attached hydrogens (tertiary/aromatic N) is 2. The quantitative estimate of drug-likeness (QED) is 0.846. The van der Waals surface area contributed by atoms with E-state index in [1.165, 1.54) is 6.26 Å². The summed E-state index contributed by atoms with van der Waals surface area (Å²) in [6.07, 6.45) is 6.62. The third-order valence-electron chi connectivity index (χ3n) is 4.17. The molecule has 2 unspecified atom stereocenters. The van der Waals surface area contributed by atoms with Gasteiger partial charge < -0.3 is 14.7 Å². The van der Waals surface area contributed by atoms with Gasteiger partial charge in [-0.1, -0.05) is 18.2 Å². The number of hydrogen-bond donors (Lipinski definition) is 1. The highest BCUT2D eigenvalue weighted by Crippen LogP contribution is 2.50. The van der Waals surface area contributed by atoms with Gasteiger partial charge in [0, 0.05) is 19.0 Å². The molecular formula is C15H12N2O3. The van der Waals surface area contributed by atoms with E-state index in [0.717, 1.165) is 11.3 Å². The second-order valence-corrected chi connectivity index (χ2v) is 5.18. The lowest BCUT2D eigenvalue weighted by Crippen LogP contribution is -2.38. The van der Waals surface area contributed by atoms with Crippen molar-refractivity contribution in [3.05, 3.63) is 54.3 Å². The van der Waals surface area contributed by atoms with Crippen LogP contribution >= 0.6 is 0 Å². The Kier molecular flexibility index (Phi) is 2.10. The maximum atomic E-state index is 11.8. The predicted molar refractivity (Wildman–Crippen MR) is 72.4 cm³/mol. The lowest BCUT2D eigenvalue weighted by Gasteiger charge is -2.25. The molecular weight excluding hydrogens is 256 g/mol. The van der Waals surface area contributed by atoms with Gasteiger partial charge in [-0.3, -0.25) is 9.79 Å². The third kappa shape index (κ3) is 1.27. The minimum Gasteiger partial charge on any atom is -0.481 e. The monoisotopic (exact) mass is 268 g/mol. The second kappa shape index (κ2) is 3.72. The van der Waals surface area contributed by atoms with Crippen LogP contribution < -0.4 is 0 Å². The van der Waals surface area contributed by atoms with E-state index in [2.05, 4.69) is 4.99 Å². The van der Waals surface area contributed by atoms with Gasteiger partial charge in [-0.25, -0.2) is 0 Å². The van der Waals surface area contributed by atoms with Gasteiger partial charge in [-0.05, 0) is 11.6 Å². The number of aliphatic carboxylic acids is 1. The van der Waals surface area contributed by atoms with Crippen LogP contribution in [0.25, 0.3) is 0 Å². The van der Waals surface area contributed by atoms with Crippen molar-refractivity contribution in [2.45, 2.75) is 5.41 Å². The van der Waals surface area contributed by atoms with E-state index >= 15 is 0 Å². The molecule has 20 heavy (non-hydrogen) atoms. The zero-order valence-electron chi connectivity index (χ0n) is 10.6. The molecule has 0 radical (unpaired) electrons. The van der Waals surface area contributed by atoms with Gasteiger partial charge >= 0.3 is 5.97 Å². The number of fused-ring (bicyclic) bond motifs is 3. The van der Waals surface area contributed by atoms with Crippen molar-refractivity contribution in [1.29, 1.82) is 0 Å². The molecule has 3 aliphatic rings. The Morgan fingerprint density at radius 3 is 3.15 bits per heavy atom. The van der Waals surface area contributed by atoms with Gasteiger partial charge in [0.25, 0.3) is 0 Å². The van der Waals surface area contributed by atoms with Crippen LogP contribution in [0, 0.1) is 5.92 Å². The Bertz CT molecular complexity index is 692. The summed E-state index contributed by atoms with van der Waals surface area (Å²) < 4.78 is 5.16. The highest BCUT2D eigenvalue weighted by atomic mass is 16.5. The Balaban J connectivity index is 1.92. The maximum absolute atomic E-state index is 11.8. The van der Waals surface area contributed by atoms with Crippen molar-refractivity contribution < 1.29 is 14.6 Å².